The number of amides is 1. The molecule has 1 aromatic carbocycles. The number of hydrogen-bond donors (Lipinski definition) is 1. The van der Waals surface area contributed by atoms with E-state index in [4.69, 9.17) is 27.9 Å². The number of aryl methyl sites for hydroxylation is 2. The highest BCUT2D eigenvalue weighted by molar-refractivity contribution is 7.14. The van der Waals surface area contributed by atoms with Crippen molar-refractivity contribution in [3.63, 3.8) is 0 Å². The Morgan fingerprint density at radius 1 is 1.11 bits per heavy atom. The molecule has 196 valence electrons. The van der Waals surface area contributed by atoms with Crippen molar-refractivity contribution in [1.82, 2.24) is 23.9 Å². The molecule has 0 saturated heterocycles. The van der Waals surface area contributed by atoms with Crippen LogP contribution in [0.25, 0.3) is 22.3 Å². The molecule has 0 spiro atoms. The number of ether oxygens (including phenoxy) is 1. The molecule has 0 aliphatic heterocycles. The van der Waals surface area contributed by atoms with Crippen LogP contribution in [-0.2, 0) is 25.4 Å². The zero-order valence-electron chi connectivity index (χ0n) is 20.8. The van der Waals surface area contributed by atoms with Gasteiger partial charge in [-0.1, -0.05) is 43.0 Å². The third-order valence-corrected chi connectivity index (χ3v) is 7.16. The predicted molar refractivity (Wildman–Crippen MR) is 146 cm³/mol. The average molecular weight is 565 g/mol. The number of anilines is 1. The van der Waals surface area contributed by atoms with Crippen molar-refractivity contribution in [2.45, 2.75) is 39.7 Å². The Morgan fingerprint density at radius 2 is 1.81 bits per heavy atom. The van der Waals surface area contributed by atoms with Gasteiger partial charge < -0.3 is 10.1 Å². The Morgan fingerprint density at radius 3 is 2.49 bits per heavy atom. The van der Waals surface area contributed by atoms with Gasteiger partial charge in [-0.15, -0.1) is 11.3 Å². The number of nitrogens with one attached hydrogen (secondary N) is 1. The van der Waals surface area contributed by atoms with E-state index in [9.17, 15) is 14.4 Å². The summed E-state index contributed by atoms with van der Waals surface area (Å²) in [5.74, 6) is 0.0189. The lowest BCUT2D eigenvalue weighted by Gasteiger charge is -2.11. The topological polar surface area (TPSA) is 113 Å². The molecule has 0 saturated carbocycles. The monoisotopic (exact) mass is 564 g/mol. The number of aromatic nitrogens is 5. The van der Waals surface area contributed by atoms with Crippen molar-refractivity contribution < 1.29 is 9.53 Å². The highest BCUT2D eigenvalue weighted by Gasteiger charge is 2.20. The molecule has 0 bridgehead atoms. The van der Waals surface area contributed by atoms with Gasteiger partial charge in [-0.2, -0.15) is 5.10 Å². The first kappa shape index (κ1) is 26.9. The van der Waals surface area contributed by atoms with E-state index in [1.807, 2.05) is 0 Å². The van der Waals surface area contributed by atoms with Gasteiger partial charge in [-0.05, 0) is 25.5 Å². The second-order valence-corrected chi connectivity index (χ2v) is 10.2. The Kier molecular flexibility index (Phi) is 8.05. The van der Waals surface area contributed by atoms with Crippen LogP contribution in [0.15, 0.2) is 27.1 Å². The molecular weight excluding hydrogens is 539 g/mol. The van der Waals surface area contributed by atoms with Gasteiger partial charge in [0, 0.05) is 25.0 Å². The maximum absolute atomic E-state index is 12.8. The van der Waals surface area contributed by atoms with Crippen LogP contribution in [0.3, 0.4) is 0 Å². The van der Waals surface area contributed by atoms with Gasteiger partial charge in [-0.25, -0.2) is 14.5 Å². The van der Waals surface area contributed by atoms with E-state index in [1.54, 1.807) is 31.5 Å². The number of unbranched alkanes of at least 4 members (excludes halogenated alkanes) is 2. The van der Waals surface area contributed by atoms with Crippen molar-refractivity contribution in [1.29, 1.82) is 0 Å². The third-order valence-electron chi connectivity index (χ3n) is 5.84. The third kappa shape index (κ3) is 5.43. The summed E-state index contributed by atoms with van der Waals surface area (Å²) in [4.78, 5) is 42.2. The number of carbonyl (C=O) groups excluding carboxylic acids is 1. The molecular formula is C24H26Cl2N6O4S. The average Bonchev–Trinajstić information content (AvgIpc) is 3.44. The lowest BCUT2D eigenvalue weighted by molar-refractivity contribution is -0.116. The summed E-state index contributed by atoms with van der Waals surface area (Å²) in [5, 5.41) is 9.95. The van der Waals surface area contributed by atoms with Gasteiger partial charge >= 0.3 is 5.69 Å². The van der Waals surface area contributed by atoms with Crippen LogP contribution in [-0.4, -0.2) is 36.4 Å². The first-order chi connectivity index (χ1) is 17.6. The maximum atomic E-state index is 12.8. The minimum Gasteiger partial charge on any atom is -0.490 e. The van der Waals surface area contributed by atoms with Crippen molar-refractivity contribution >= 4 is 56.6 Å². The highest BCUT2D eigenvalue weighted by Crippen LogP contribution is 2.38. The Labute approximate surface area is 226 Å². The Hall–Kier alpha value is -3.15. The number of carbonyl (C=O) groups is 1. The van der Waals surface area contributed by atoms with Crippen LogP contribution in [0.4, 0.5) is 5.13 Å². The summed E-state index contributed by atoms with van der Waals surface area (Å²) < 4.78 is 9.38. The highest BCUT2D eigenvalue weighted by atomic mass is 35.5. The number of fused-ring (bicyclic) bond motifs is 1. The van der Waals surface area contributed by atoms with Crippen molar-refractivity contribution in [2.75, 3.05) is 11.9 Å². The van der Waals surface area contributed by atoms with Crippen LogP contribution >= 0.6 is 34.5 Å². The van der Waals surface area contributed by atoms with Crippen LogP contribution in [0, 0.1) is 6.92 Å². The van der Waals surface area contributed by atoms with Gasteiger partial charge in [0.2, 0.25) is 5.91 Å². The molecule has 1 amide bonds. The second-order valence-electron chi connectivity index (χ2n) is 8.56. The molecule has 10 nitrogen and oxygen atoms in total. The molecule has 0 aliphatic carbocycles. The molecule has 3 aromatic heterocycles. The van der Waals surface area contributed by atoms with E-state index in [2.05, 4.69) is 22.3 Å². The van der Waals surface area contributed by atoms with Gasteiger partial charge in [0.1, 0.15) is 6.54 Å². The van der Waals surface area contributed by atoms with E-state index >= 15 is 0 Å². The normalized spacial score (nSPS) is 11.3. The van der Waals surface area contributed by atoms with E-state index in [0.717, 1.165) is 23.8 Å². The molecule has 4 aromatic rings. The number of hydrogen-bond acceptors (Lipinski definition) is 7. The predicted octanol–water partition coefficient (Wildman–Crippen LogP) is 4.38. The quantitative estimate of drug-likeness (QED) is 0.302. The number of benzene rings is 1. The van der Waals surface area contributed by atoms with Crippen molar-refractivity contribution in [3.8, 4) is 17.0 Å². The molecule has 37 heavy (non-hydrogen) atoms. The molecule has 1 N–H and O–H groups in total. The summed E-state index contributed by atoms with van der Waals surface area (Å²) in [6, 6.07) is 3.45. The molecule has 0 unspecified atom stereocenters. The van der Waals surface area contributed by atoms with E-state index in [1.165, 1.54) is 27.6 Å². The number of halogens is 2. The molecule has 4 rings (SSSR count). The van der Waals surface area contributed by atoms with E-state index < -0.39 is 17.2 Å². The first-order valence-corrected chi connectivity index (χ1v) is 13.3. The summed E-state index contributed by atoms with van der Waals surface area (Å²) in [7, 11) is 2.95. The fourth-order valence-corrected chi connectivity index (χ4v) is 5.33. The molecule has 0 atom stereocenters. The van der Waals surface area contributed by atoms with Gasteiger partial charge in [0.05, 0.1) is 33.6 Å². The van der Waals surface area contributed by atoms with Crippen LogP contribution < -0.4 is 21.3 Å². The second kappa shape index (κ2) is 11.1. The van der Waals surface area contributed by atoms with Gasteiger partial charge in [0.25, 0.3) is 5.56 Å². The zero-order valence-corrected chi connectivity index (χ0v) is 23.1. The largest absolute Gasteiger partial charge is 0.490 e. The summed E-state index contributed by atoms with van der Waals surface area (Å²) >= 11 is 14.1. The molecule has 0 radical (unpaired) electrons. The number of rotatable bonds is 9. The minimum absolute atomic E-state index is 0.179. The summed E-state index contributed by atoms with van der Waals surface area (Å²) in [6.07, 6.45) is 3.07. The lowest BCUT2D eigenvalue weighted by atomic mass is 10.1. The van der Waals surface area contributed by atoms with E-state index in [0.29, 0.717) is 50.0 Å². The molecule has 3 heterocycles. The van der Waals surface area contributed by atoms with Crippen LogP contribution in [0.1, 0.15) is 31.9 Å². The Balaban J connectivity index is 1.51. The lowest BCUT2D eigenvalue weighted by Crippen LogP contribution is -2.37. The van der Waals surface area contributed by atoms with E-state index in [-0.39, 0.29) is 12.1 Å². The molecule has 13 heteroatoms. The van der Waals surface area contributed by atoms with Gasteiger partial charge in [0.15, 0.2) is 16.4 Å². The number of thiazole rings is 1. The number of nitrogens with zero attached hydrogens (tertiary/aromatic N) is 5. The first-order valence-electron chi connectivity index (χ1n) is 11.6. The summed E-state index contributed by atoms with van der Waals surface area (Å²) in [5.41, 5.74) is 1.34. The maximum Gasteiger partial charge on any atom is 0.331 e. The van der Waals surface area contributed by atoms with Crippen LogP contribution in [0.5, 0.6) is 5.75 Å². The standard InChI is InChI=1S/C24H26Cl2N6O4S/c1-5-6-7-8-36-21-15(25)9-14(10-16(21)26)17-12-37-23(27-17)28-18(33)11-32-20-19(13(2)29-32)30(3)24(35)31(4)22(20)34/h9-10,12H,5-8,11H2,1-4H3,(H,27,28,33). The Bertz CT molecular complexity index is 1580. The smallest absolute Gasteiger partial charge is 0.331 e. The fraction of sp³-hybridized carbons (Fsp3) is 0.375. The SMILES string of the molecule is CCCCCOc1c(Cl)cc(-c2csc(NC(=O)Cn3nc(C)c4c3c(=O)n(C)c(=O)n4C)n2)cc1Cl. The summed E-state index contributed by atoms with van der Waals surface area (Å²) in [6.45, 7) is 4.11. The molecule has 0 aliphatic rings. The fourth-order valence-electron chi connectivity index (χ4n) is 4.00. The molecule has 0 fully saturated rings. The van der Waals surface area contributed by atoms with Crippen molar-refractivity contribution in [2.24, 2.45) is 14.1 Å². The zero-order chi connectivity index (χ0) is 26.9. The minimum atomic E-state index is -0.519. The van der Waals surface area contributed by atoms with Crippen LogP contribution in [0.2, 0.25) is 10.0 Å². The van der Waals surface area contributed by atoms with Crippen molar-refractivity contribution in [3.05, 3.63) is 54.1 Å². The van der Waals surface area contributed by atoms with Gasteiger partial charge in [-0.3, -0.25) is 18.7 Å².